The number of aliphatic carboxylic acids is 1. The maximum absolute atomic E-state index is 13.0. The van der Waals surface area contributed by atoms with E-state index in [2.05, 4.69) is 4.98 Å². The quantitative estimate of drug-likeness (QED) is 0.459. The highest BCUT2D eigenvalue weighted by molar-refractivity contribution is 8.26. The Morgan fingerprint density at radius 2 is 1.90 bits per heavy atom. The summed E-state index contributed by atoms with van der Waals surface area (Å²) in [5.41, 5.74) is 1.65. The minimum atomic E-state index is -1.19. The summed E-state index contributed by atoms with van der Waals surface area (Å²) in [6.45, 7) is 0. The number of thiocarbonyl (C=S) groups is 1. The van der Waals surface area contributed by atoms with Crippen molar-refractivity contribution in [2.24, 2.45) is 0 Å². The minimum Gasteiger partial charge on any atom is -0.479 e. The summed E-state index contributed by atoms with van der Waals surface area (Å²) in [4.78, 5) is 30.9. The monoisotopic (exact) mass is 440 g/mol. The predicted molar refractivity (Wildman–Crippen MR) is 119 cm³/mol. The van der Waals surface area contributed by atoms with Crippen LogP contribution in [0.15, 0.2) is 65.6 Å². The summed E-state index contributed by atoms with van der Waals surface area (Å²) in [5.74, 6) is -1.61. The standard InChI is InChI=1S/C21H13ClN2O3S2/c22-15-8-4-7-12-9-10-14(23-17(12)15)11-16-19(25)24(21(28)29-16)18(20(26)27)13-5-2-1-3-6-13/h1-11,18H,(H,26,27)/b16-11+/t18-/m1/s1. The van der Waals surface area contributed by atoms with Crippen LogP contribution in [0.4, 0.5) is 0 Å². The van der Waals surface area contributed by atoms with E-state index in [1.54, 1.807) is 48.5 Å². The molecular weight excluding hydrogens is 428 g/mol. The first-order valence-corrected chi connectivity index (χ1v) is 10.2. The van der Waals surface area contributed by atoms with Crippen LogP contribution in [0.1, 0.15) is 17.3 Å². The molecule has 144 valence electrons. The molecule has 2 aromatic carbocycles. The minimum absolute atomic E-state index is 0.191. The molecule has 0 radical (unpaired) electrons. The van der Waals surface area contributed by atoms with Crippen molar-refractivity contribution >= 4 is 68.8 Å². The maximum atomic E-state index is 13.0. The maximum Gasteiger partial charge on any atom is 0.331 e. The normalized spacial score (nSPS) is 16.6. The number of carbonyl (C=O) groups is 2. The van der Waals surface area contributed by atoms with E-state index in [1.165, 1.54) is 0 Å². The van der Waals surface area contributed by atoms with E-state index < -0.39 is 17.9 Å². The molecule has 3 aromatic rings. The molecule has 4 rings (SSSR count). The number of carbonyl (C=O) groups excluding carboxylic acids is 1. The third kappa shape index (κ3) is 3.76. The summed E-state index contributed by atoms with van der Waals surface area (Å²) in [6.07, 6.45) is 1.60. The van der Waals surface area contributed by atoms with Crippen LogP contribution in [-0.2, 0) is 9.59 Å². The summed E-state index contributed by atoms with van der Waals surface area (Å²) in [6, 6.07) is 16.5. The van der Waals surface area contributed by atoms with Crippen molar-refractivity contribution < 1.29 is 14.7 Å². The van der Waals surface area contributed by atoms with Crippen molar-refractivity contribution in [2.45, 2.75) is 6.04 Å². The number of rotatable bonds is 4. The molecule has 0 aliphatic carbocycles. The van der Waals surface area contributed by atoms with Crippen LogP contribution in [0.25, 0.3) is 17.0 Å². The summed E-state index contributed by atoms with van der Waals surface area (Å²) in [7, 11) is 0. The predicted octanol–water partition coefficient (Wildman–Crippen LogP) is 4.92. The number of pyridine rings is 1. The second kappa shape index (κ2) is 7.94. The van der Waals surface area contributed by atoms with E-state index in [4.69, 9.17) is 23.8 Å². The van der Waals surface area contributed by atoms with Gasteiger partial charge in [-0.3, -0.25) is 9.69 Å². The Kier molecular flexibility index (Phi) is 5.36. The van der Waals surface area contributed by atoms with Gasteiger partial charge in [-0.05, 0) is 23.8 Å². The molecule has 8 heteroatoms. The zero-order valence-electron chi connectivity index (χ0n) is 14.8. The number of aromatic nitrogens is 1. The van der Waals surface area contributed by atoms with E-state index in [9.17, 15) is 14.7 Å². The lowest BCUT2D eigenvalue weighted by molar-refractivity contribution is -0.145. The van der Waals surface area contributed by atoms with Crippen LogP contribution >= 0.6 is 35.6 Å². The number of halogens is 1. The van der Waals surface area contributed by atoms with Crippen LogP contribution in [0.2, 0.25) is 5.02 Å². The van der Waals surface area contributed by atoms with Gasteiger partial charge in [0.15, 0.2) is 6.04 Å². The fourth-order valence-corrected chi connectivity index (χ4v) is 4.60. The van der Waals surface area contributed by atoms with Gasteiger partial charge in [0.2, 0.25) is 0 Å². The van der Waals surface area contributed by atoms with Gasteiger partial charge in [0.1, 0.15) is 4.32 Å². The van der Waals surface area contributed by atoms with E-state index in [-0.39, 0.29) is 4.32 Å². The highest BCUT2D eigenvalue weighted by Crippen LogP contribution is 2.38. The first-order valence-electron chi connectivity index (χ1n) is 8.56. The molecule has 1 aromatic heterocycles. The van der Waals surface area contributed by atoms with E-state index in [0.29, 0.717) is 26.7 Å². The Morgan fingerprint density at radius 1 is 1.14 bits per heavy atom. The van der Waals surface area contributed by atoms with Gasteiger partial charge in [-0.2, -0.15) is 0 Å². The number of amides is 1. The average molecular weight is 441 g/mol. The highest BCUT2D eigenvalue weighted by atomic mass is 35.5. The first-order chi connectivity index (χ1) is 14.0. The number of carboxylic acids is 1. The van der Waals surface area contributed by atoms with Crippen LogP contribution < -0.4 is 0 Å². The van der Waals surface area contributed by atoms with Crippen molar-refractivity contribution in [1.82, 2.24) is 9.88 Å². The van der Waals surface area contributed by atoms with Crippen LogP contribution in [0.3, 0.4) is 0 Å². The van der Waals surface area contributed by atoms with Gasteiger partial charge < -0.3 is 5.11 Å². The number of carboxylic acid groups (broad SMARTS) is 1. The van der Waals surface area contributed by atoms with Crippen molar-refractivity contribution in [3.63, 3.8) is 0 Å². The van der Waals surface area contributed by atoms with Crippen LogP contribution in [-0.4, -0.2) is 31.2 Å². The molecule has 1 aliphatic rings. The van der Waals surface area contributed by atoms with Crippen molar-refractivity contribution in [3.05, 3.63) is 81.8 Å². The molecule has 1 saturated heterocycles. The number of thioether (sulfide) groups is 1. The lowest BCUT2D eigenvalue weighted by Crippen LogP contribution is -2.37. The largest absolute Gasteiger partial charge is 0.479 e. The summed E-state index contributed by atoms with van der Waals surface area (Å²) in [5, 5.41) is 11.1. The molecular formula is C21H13ClN2O3S2. The fraction of sp³-hybridized carbons (Fsp3) is 0.0476. The Balaban J connectivity index is 1.71. The average Bonchev–Trinajstić information content (AvgIpc) is 2.97. The zero-order valence-corrected chi connectivity index (χ0v) is 17.2. The van der Waals surface area contributed by atoms with Gasteiger partial charge in [0.05, 0.1) is 21.1 Å². The lowest BCUT2D eigenvalue weighted by Gasteiger charge is -2.23. The Bertz CT molecular complexity index is 1180. The van der Waals surface area contributed by atoms with Gasteiger partial charge in [-0.1, -0.05) is 84.1 Å². The molecule has 1 atom stereocenters. The lowest BCUT2D eigenvalue weighted by atomic mass is 10.1. The Morgan fingerprint density at radius 3 is 2.62 bits per heavy atom. The first kappa shape index (κ1) is 19.6. The zero-order chi connectivity index (χ0) is 20.5. The number of fused-ring (bicyclic) bond motifs is 1. The van der Waals surface area contributed by atoms with Crippen molar-refractivity contribution in [3.8, 4) is 0 Å². The second-order valence-corrected chi connectivity index (χ2v) is 8.33. The van der Waals surface area contributed by atoms with Crippen LogP contribution in [0.5, 0.6) is 0 Å². The van der Waals surface area contributed by atoms with Crippen LogP contribution in [0, 0.1) is 0 Å². The smallest absolute Gasteiger partial charge is 0.331 e. The third-order valence-corrected chi connectivity index (χ3v) is 6.04. The van der Waals surface area contributed by atoms with Gasteiger partial charge in [0.25, 0.3) is 5.91 Å². The number of para-hydroxylation sites is 1. The molecule has 1 fully saturated rings. The number of hydrogen-bond donors (Lipinski definition) is 1. The van der Waals surface area contributed by atoms with E-state index >= 15 is 0 Å². The van der Waals surface area contributed by atoms with E-state index in [1.807, 2.05) is 18.2 Å². The Hall–Kier alpha value is -2.74. The molecule has 0 bridgehead atoms. The number of benzene rings is 2. The van der Waals surface area contributed by atoms with Gasteiger partial charge in [0, 0.05) is 5.39 Å². The van der Waals surface area contributed by atoms with Gasteiger partial charge in [-0.15, -0.1) is 0 Å². The van der Waals surface area contributed by atoms with Gasteiger partial charge in [-0.25, -0.2) is 9.78 Å². The molecule has 1 amide bonds. The molecule has 5 nitrogen and oxygen atoms in total. The second-order valence-electron chi connectivity index (χ2n) is 6.25. The molecule has 1 aliphatic heterocycles. The number of nitrogens with zero attached hydrogens (tertiary/aromatic N) is 2. The molecule has 1 N–H and O–H groups in total. The van der Waals surface area contributed by atoms with Crippen molar-refractivity contribution in [2.75, 3.05) is 0 Å². The van der Waals surface area contributed by atoms with Crippen molar-refractivity contribution in [1.29, 1.82) is 0 Å². The third-order valence-electron chi connectivity index (χ3n) is 4.40. The summed E-state index contributed by atoms with van der Waals surface area (Å²) < 4.78 is 0.191. The fourth-order valence-electron chi connectivity index (χ4n) is 3.08. The number of hydrogen-bond acceptors (Lipinski definition) is 5. The summed E-state index contributed by atoms with van der Waals surface area (Å²) >= 11 is 12.6. The molecule has 0 unspecified atom stereocenters. The molecule has 0 spiro atoms. The van der Waals surface area contributed by atoms with E-state index in [0.717, 1.165) is 22.0 Å². The Labute approximate surface area is 181 Å². The van der Waals surface area contributed by atoms with Gasteiger partial charge >= 0.3 is 5.97 Å². The molecule has 2 heterocycles. The molecule has 0 saturated carbocycles. The topological polar surface area (TPSA) is 70.5 Å². The SMILES string of the molecule is O=C(O)[C@@H](c1ccccc1)N1C(=O)/C(=C\c2ccc3cccc(Cl)c3n2)SC1=S. The highest BCUT2D eigenvalue weighted by Gasteiger charge is 2.41. The molecule has 29 heavy (non-hydrogen) atoms.